The summed E-state index contributed by atoms with van der Waals surface area (Å²) in [6.07, 6.45) is 1.23. The molecule has 0 radical (unpaired) electrons. The summed E-state index contributed by atoms with van der Waals surface area (Å²) in [5, 5.41) is 0. The minimum absolute atomic E-state index is 0.264. The molecule has 3 heterocycles. The molecule has 1 N–H and O–H groups in total. The van der Waals surface area contributed by atoms with E-state index >= 15 is 0 Å². The van der Waals surface area contributed by atoms with Crippen molar-refractivity contribution in [3.63, 3.8) is 0 Å². The zero-order chi connectivity index (χ0) is 23.7. The van der Waals surface area contributed by atoms with Crippen LogP contribution in [0.4, 0.5) is 4.39 Å². The Bertz CT molecular complexity index is 1060. The van der Waals surface area contributed by atoms with Gasteiger partial charge in [0.25, 0.3) is 5.56 Å². The highest BCUT2D eigenvalue weighted by molar-refractivity contribution is 7.48. The monoisotopic (exact) mass is 474 g/mol. The number of fused-ring (bicyclic) bond motifs is 1. The van der Waals surface area contributed by atoms with Crippen molar-refractivity contribution in [2.45, 2.75) is 57.9 Å². The van der Waals surface area contributed by atoms with Crippen molar-refractivity contribution in [3.8, 4) is 12.3 Å². The number of aromatic amines is 1. The number of carbonyl (C=O) groups is 1. The third kappa shape index (κ3) is 5.03. The van der Waals surface area contributed by atoms with Gasteiger partial charge in [0.15, 0.2) is 6.23 Å². The van der Waals surface area contributed by atoms with Gasteiger partial charge >= 0.3 is 19.5 Å². The summed E-state index contributed by atoms with van der Waals surface area (Å²) in [5.74, 6) is 1.74. The van der Waals surface area contributed by atoms with E-state index in [1.165, 1.54) is 6.20 Å². The largest absolute Gasteiger partial charge is 0.475 e. The topological polar surface area (TPSA) is 135 Å². The molecule has 0 aliphatic carbocycles. The number of carbonyl (C=O) groups excluding carboxylic acids is 1. The maximum Gasteiger partial charge on any atom is 0.475 e. The molecule has 6 atom stereocenters. The molecule has 0 spiro atoms. The van der Waals surface area contributed by atoms with E-state index < -0.39 is 74.2 Å². The number of phosphoric ester groups is 1. The fourth-order valence-electron chi connectivity index (χ4n) is 3.45. The van der Waals surface area contributed by atoms with Crippen LogP contribution in [0.3, 0.4) is 0 Å². The van der Waals surface area contributed by atoms with Crippen LogP contribution in [0.25, 0.3) is 0 Å². The van der Waals surface area contributed by atoms with Gasteiger partial charge in [-0.3, -0.25) is 32.7 Å². The lowest BCUT2D eigenvalue weighted by Gasteiger charge is -2.35. The summed E-state index contributed by atoms with van der Waals surface area (Å²) in [4.78, 5) is 37.2. The molecule has 2 fully saturated rings. The van der Waals surface area contributed by atoms with Crippen LogP contribution in [0.1, 0.15) is 33.4 Å². The summed E-state index contributed by atoms with van der Waals surface area (Å²) < 4.78 is 54.5. The molecular formula is C19H24FN2O9P. The summed E-state index contributed by atoms with van der Waals surface area (Å²) >= 11 is 0. The Kier molecular flexibility index (Phi) is 7.07. The first-order chi connectivity index (χ1) is 15.0. The van der Waals surface area contributed by atoms with Crippen LogP contribution >= 0.6 is 7.82 Å². The zero-order valence-corrected chi connectivity index (χ0v) is 18.6. The second-order valence-corrected chi connectivity index (χ2v) is 9.50. The fourth-order valence-corrected chi connectivity index (χ4v) is 4.96. The van der Waals surface area contributed by atoms with Gasteiger partial charge in [0.05, 0.1) is 25.7 Å². The second-order valence-electron chi connectivity index (χ2n) is 7.88. The van der Waals surface area contributed by atoms with Crippen molar-refractivity contribution >= 4 is 13.8 Å². The van der Waals surface area contributed by atoms with Gasteiger partial charge in [-0.15, -0.1) is 6.42 Å². The van der Waals surface area contributed by atoms with Crippen LogP contribution in [0.5, 0.6) is 0 Å². The molecule has 176 valence electrons. The number of halogens is 1. The molecule has 32 heavy (non-hydrogen) atoms. The van der Waals surface area contributed by atoms with Crippen LogP contribution in [0, 0.1) is 17.8 Å². The van der Waals surface area contributed by atoms with Crippen molar-refractivity contribution in [1.29, 1.82) is 0 Å². The van der Waals surface area contributed by atoms with Gasteiger partial charge in [-0.25, -0.2) is 13.8 Å². The van der Waals surface area contributed by atoms with Crippen LogP contribution < -0.4 is 11.2 Å². The number of terminal acetylenes is 1. The molecule has 1 aromatic heterocycles. The number of hydrogen-bond acceptors (Lipinski definition) is 9. The van der Waals surface area contributed by atoms with Crippen LogP contribution in [-0.4, -0.2) is 53.2 Å². The summed E-state index contributed by atoms with van der Waals surface area (Å²) in [7, 11) is -4.25. The Labute approximate surface area is 182 Å². The van der Waals surface area contributed by atoms with Crippen molar-refractivity contribution in [3.05, 3.63) is 33.1 Å². The number of aromatic nitrogens is 2. The molecule has 11 nitrogen and oxygen atoms in total. The first kappa shape index (κ1) is 24.4. The lowest BCUT2D eigenvalue weighted by molar-refractivity contribution is -0.149. The molecular weight excluding hydrogens is 450 g/mol. The van der Waals surface area contributed by atoms with Crippen molar-refractivity contribution in [1.82, 2.24) is 9.55 Å². The molecule has 13 heteroatoms. The minimum Gasteiger partial charge on any atom is -0.463 e. The van der Waals surface area contributed by atoms with Gasteiger partial charge in [0.1, 0.15) is 23.8 Å². The average Bonchev–Trinajstić information content (AvgIpc) is 2.98. The highest BCUT2D eigenvalue weighted by Gasteiger charge is 2.60. The van der Waals surface area contributed by atoms with E-state index in [1.807, 2.05) is 0 Å². The third-order valence-electron chi connectivity index (χ3n) is 4.97. The first-order valence-corrected chi connectivity index (χ1v) is 11.3. The van der Waals surface area contributed by atoms with Crippen molar-refractivity contribution in [2.24, 2.45) is 5.41 Å². The smallest absolute Gasteiger partial charge is 0.463 e. The van der Waals surface area contributed by atoms with Gasteiger partial charge in [0, 0.05) is 12.3 Å². The third-order valence-corrected chi connectivity index (χ3v) is 6.38. The number of phosphoric acid groups is 1. The maximum absolute atomic E-state index is 14.1. The van der Waals surface area contributed by atoms with E-state index in [-0.39, 0.29) is 6.61 Å². The van der Waals surface area contributed by atoms with Gasteiger partial charge < -0.3 is 9.47 Å². The predicted octanol–water partition coefficient (Wildman–Crippen LogP) is 1.29. The number of nitrogens with one attached hydrogen (secondary N) is 1. The predicted molar refractivity (Wildman–Crippen MR) is 107 cm³/mol. The molecule has 0 bridgehead atoms. The van der Waals surface area contributed by atoms with Crippen molar-refractivity contribution < 1.29 is 36.8 Å². The van der Waals surface area contributed by atoms with E-state index in [2.05, 4.69) is 10.9 Å². The quantitative estimate of drug-likeness (QED) is 0.352. The summed E-state index contributed by atoms with van der Waals surface area (Å²) in [6.45, 7) is 3.80. The number of esters is 1. The molecule has 1 aromatic rings. The zero-order valence-electron chi connectivity index (χ0n) is 17.7. The normalized spacial score (nSPS) is 32.8. The molecule has 2 saturated heterocycles. The van der Waals surface area contributed by atoms with E-state index in [9.17, 15) is 23.3 Å². The Morgan fingerprint density at radius 2 is 2.22 bits per heavy atom. The highest BCUT2D eigenvalue weighted by atomic mass is 31.2. The number of alkyl halides is 1. The Morgan fingerprint density at radius 1 is 1.50 bits per heavy atom. The van der Waals surface area contributed by atoms with E-state index in [0.29, 0.717) is 0 Å². The fraction of sp³-hybridized carbons (Fsp3) is 0.632. The molecule has 3 rings (SSSR count). The number of hydrogen-bond donors (Lipinski definition) is 1. The Balaban J connectivity index is 1.71. The molecule has 0 aromatic carbocycles. The van der Waals surface area contributed by atoms with Crippen LogP contribution in [0.15, 0.2) is 21.9 Å². The summed E-state index contributed by atoms with van der Waals surface area (Å²) in [5.41, 5.74) is -2.66. The molecule has 0 unspecified atom stereocenters. The van der Waals surface area contributed by atoms with Crippen LogP contribution in [0.2, 0.25) is 0 Å². The molecule has 2 aliphatic rings. The van der Waals surface area contributed by atoms with Gasteiger partial charge in [-0.1, -0.05) is 5.92 Å². The second kappa shape index (κ2) is 9.29. The number of rotatable bonds is 7. The number of H-pyrrole nitrogens is 1. The maximum atomic E-state index is 14.1. The first-order valence-electron chi connectivity index (χ1n) is 9.83. The highest BCUT2D eigenvalue weighted by Crippen LogP contribution is 2.60. The summed E-state index contributed by atoms with van der Waals surface area (Å²) in [6, 6.07) is 1.13. The van der Waals surface area contributed by atoms with Crippen molar-refractivity contribution in [2.75, 3.05) is 13.2 Å². The van der Waals surface area contributed by atoms with E-state index in [1.54, 1.807) is 20.8 Å². The number of ether oxygens (including phenoxy) is 2. The standard InChI is InChI=1S/C19H24FN2O9P/c1-5-19(4)16-13(30-17(19)22-7-6-14(23)21-18(22)25)10-28-32(26,31-16)27-9-12(20)8-15(24)29-11(2)3/h1,6-7,11-13,16-17H,8-10H2,2-4H3,(H,21,23,25)/t12-,13+,16+,17+,19+,32-/m0/s1. The van der Waals surface area contributed by atoms with Gasteiger partial charge in [-0.2, -0.15) is 0 Å². The lowest BCUT2D eigenvalue weighted by Crippen LogP contribution is -2.43. The lowest BCUT2D eigenvalue weighted by atomic mass is 9.83. The number of nitrogens with zero attached hydrogens (tertiary/aromatic N) is 1. The van der Waals surface area contributed by atoms with Crippen LogP contribution in [-0.2, 0) is 32.4 Å². The molecule has 0 saturated carbocycles. The minimum atomic E-state index is -4.25. The van der Waals surface area contributed by atoms with E-state index in [0.717, 1.165) is 10.6 Å². The Morgan fingerprint density at radius 3 is 2.84 bits per heavy atom. The molecule has 2 aliphatic heterocycles. The average molecular weight is 474 g/mol. The SMILES string of the molecule is C#C[C@]1(C)[C@@H]2O[P@@](=O)(OC[C@@H](F)CC(=O)OC(C)C)OC[C@H]2O[C@H]1n1ccc(=O)[nH]c1=O. The van der Waals surface area contributed by atoms with E-state index in [4.69, 9.17) is 29.5 Å². The van der Waals surface area contributed by atoms with Gasteiger partial charge in [0.2, 0.25) is 0 Å². The Hall–Kier alpha value is -2.29. The van der Waals surface area contributed by atoms with Gasteiger partial charge in [-0.05, 0) is 20.8 Å². The molecule has 0 amide bonds.